The summed E-state index contributed by atoms with van der Waals surface area (Å²) in [4.78, 5) is 28.0. The maximum absolute atomic E-state index is 13.3. The van der Waals surface area contributed by atoms with E-state index in [0.29, 0.717) is 21.9 Å². The fourth-order valence-electron chi connectivity index (χ4n) is 4.14. The van der Waals surface area contributed by atoms with Crippen LogP contribution in [-0.2, 0) is 16.1 Å². The molecule has 1 amide bonds. The fraction of sp³-hybridized carbons (Fsp3) is 0.154. The third-order valence-electron chi connectivity index (χ3n) is 5.73. The minimum absolute atomic E-state index is 0.0616. The van der Waals surface area contributed by atoms with Crippen LogP contribution in [0.25, 0.3) is 5.76 Å². The van der Waals surface area contributed by atoms with Gasteiger partial charge in [-0.3, -0.25) is 9.59 Å². The highest BCUT2D eigenvalue weighted by Crippen LogP contribution is 2.44. The summed E-state index contributed by atoms with van der Waals surface area (Å²) in [6.45, 7) is 0.0616. The third kappa shape index (κ3) is 4.69. The predicted molar refractivity (Wildman–Crippen MR) is 135 cm³/mol. The van der Waals surface area contributed by atoms with Crippen molar-refractivity contribution in [1.82, 2.24) is 4.90 Å². The Balaban J connectivity index is 1.93. The monoisotopic (exact) mass is 531 g/mol. The van der Waals surface area contributed by atoms with Crippen LogP contribution in [-0.4, -0.2) is 35.9 Å². The van der Waals surface area contributed by atoms with Gasteiger partial charge >= 0.3 is 0 Å². The summed E-state index contributed by atoms with van der Waals surface area (Å²) in [5, 5.41) is 12.2. The van der Waals surface area contributed by atoms with Crippen LogP contribution in [0.2, 0.25) is 15.1 Å². The fourth-order valence-corrected chi connectivity index (χ4v) is 4.84. The molecule has 1 atom stereocenters. The van der Waals surface area contributed by atoms with Crippen molar-refractivity contribution in [1.29, 1.82) is 0 Å². The number of halogens is 3. The number of aliphatic hydroxyl groups is 1. The van der Waals surface area contributed by atoms with Crippen molar-refractivity contribution in [2.75, 3.05) is 14.2 Å². The van der Waals surface area contributed by atoms with E-state index in [9.17, 15) is 14.7 Å². The molecule has 0 saturated carbocycles. The lowest BCUT2D eigenvalue weighted by Gasteiger charge is -2.26. The van der Waals surface area contributed by atoms with E-state index in [2.05, 4.69) is 0 Å². The molecule has 1 saturated heterocycles. The second-order valence-corrected chi connectivity index (χ2v) is 9.04. The maximum atomic E-state index is 13.3. The van der Waals surface area contributed by atoms with Crippen LogP contribution in [0.4, 0.5) is 0 Å². The molecule has 0 spiro atoms. The lowest BCUT2D eigenvalue weighted by atomic mass is 9.95. The zero-order valence-corrected chi connectivity index (χ0v) is 21.0. The molecule has 1 aliphatic heterocycles. The van der Waals surface area contributed by atoms with Crippen LogP contribution in [0.3, 0.4) is 0 Å². The Kier molecular flexibility index (Phi) is 7.26. The van der Waals surface area contributed by atoms with Gasteiger partial charge < -0.3 is 19.5 Å². The molecular formula is C26H20Cl3NO5. The molecule has 6 nitrogen and oxygen atoms in total. The van der Waals surface area contributed by atoms with Gasteiger partial charge in [-0.05, 0) is 35.9 Å². The smallest absolute Gasteiger partial charge is 0.295 e. The Hall–Kier alpha value is -3.19. The highest BCUT2D eigenvalue weighted by atomic mass is 35.5. The average Bonchev–Trinajstić information content (AvgIpc) is 3.09. The first kappa shape index (κ1) is 24.9. The Labute approximate surface area is 217 Å². The van der Waals surface area contributed by atoms with Crippen molar-refractivity contribution in [2.24, 2.45) is 0 Å². The number of carbonyl (C=O) groups is 2. The van der Waals surface area contributed by atoms with Crippen molar-refractivity contribution < 1.29 is 24.2 Å². The lowest BCUT2D eigenvalue weighted by molar-refractivity contribution is -0.140. The van der Waals surface area contributed by atoms with E-state index >= 15 is 0 Å². The normalized spacial score (nSPS) is 17.1. The van der Waals surface area contributed by atoms with Gasteiger partial charge in [-0.15, -0.1) is 0 Å². The summed E-state index contributed by atoms with van der Waals surface area (Å²) >= 11 is 18.5. The van der Waals surface area contributed by atoms with E-state index in [4.69, 9.17) is 44.3 Å². The number of carbonyl (C=O) groups excluding carboxylic acids is 2. The second kappa shape index (κ2) is 10.2. The molecule has 9 heteroatoms. The minimum atomic E-state index is -0.917. The summed E-state index contributed by atoms with van der Waals surface area (Å²) in [6.07, 6.45) is 0. The summed E-state index contributed by atoms with van der Waals surface area (Å²) < 4.78 is 10.8. The highest BCUT2D eigenvalue weighted by molar-refractivity contribution is 6.46. The average molecular weight is 533 g/mol. The number of hydrogen-bond donors (Lipinski definition) is 1. The van der Waals surface area contributed by atoms with Crippen LogP contribution < -0.4 is 9.47 Å². The second-order valence-electron chi connectivity index (χ2n) is 7.76. The number of para-hydroxylation sites is 1. The lowest BCUT2D eigenvalue weighted by Crippen LogP contribution is -2.29. The molecule has 1 heterocycles. The topological polar surface area (TPSA) is 76.1 Å². The van der Waals surface area contributed by atoms with E-state index < -0.39 is 23.5 Å². The Morgan fingerprint density at radius 2 is 1.63 bits per heavy atom. The molecule has 0 aromatic heterocycles. The number of Topliss-reactive ketones (excluding diaryl/α,β-unsaturated/α-hetero) is 1. The van der Waals surface area contributed by atoms with Gasteiger partial charge in [-0.25, -0.2) is 0 Å². The van der Waals surface area contributed by atoms with Crippen LogP contribution in [0.5, 0.6) is 11.5 Å². The van der Waals surface area contributed by atoms with Gasteiger partial charge in [0.2, 0.25) is 0 Å². The van der Waals surface area contributed by atoms with Gasteiger partial charge in [0.1, 0.15) is 17.3 Å². The molecule has 180 valence electrons. The predicted octanol–water partition coefficient (Wildman–Crippen LogP) is 6.29. The molecule has 4 rings (SSSR count). The molecular weight excluding hydrogens is 513 g/mol. The number of nitrogens with zero attached hydrogens (tertiary/aromatic N) is 1. The van der Waals surface area contributed by atoms with E-state index in [0.717, 1.165) is 0 Å². The summed E-state index contributed by atoms with van der Waals surface area (Å²) in [5.74, 6) is -1.39. The SMILES string of the molecule is COc1ccccc1CN1C(=O)C(=O)/C(=C(/O)c2cc(Cl)cc(Cl)c2OC)C1c1ccc(Cl)cc1. The standard InChI is InChI=1S/C26H20Cl3NO5/c1-34-20-6-4-3-5-15(20)13-30-22(14-7-9-16(27)10-8-14)21(24(32)26(30)33)23(31)18-11-17(28)12-19(29)25(18)35-2/h3-12,22,31H,13H2,1-2H3/b23-21+. The first-order chi connectivity index (χ1) is 16.8. The first-order valence-corrected chi connectivity index (χ1v) is 11.6. The largest absolute Gasteiger partial charge is 0.507 e. The summed E-state index contributed by atoms with van der Waals surface area (Å²) in [6, 6.07) is 15.8. The van der Waals surface area contributed by atoms with Crippen molar-refractivity contribution in [3.63, 3.8) is 0 Å². The zero-order valence-electron chi connectivity index (χ0n) is 18.7. The van der Waals surface area contributed by atoms with Gasteiger partial charge in [0.05, 0.1) is 43.0 Å². The number of amides is 1. The highest BCUT2D eigenvalue weighted by Gasteiger charge is 2.46. The molecule has 0 radical (unpaired) electrons. The van der Waals surface area contributed by atoms with Gasteiger partial charge in [-0.1, -0.05) is 65.1 Å². The molecule has 3 aromatic rings. The maximum Gasteiger partial charge on any atom is 0.295 e. The minimum Gasteiger partial charge on any atom is -0.507 e. The van der Waals surface area contributed by atoms with Crippen LogP contribution in [0.1, 0.15) is 22.7 Å². The Morgan fingerprint density at radius 1 is 0.943 bits per heavy atom. The van der Waals surface area contributed by atoms with Gasteiger partial charge in [0.15, 0.2) is 0 Å². The molecule has 1 unspecified atom stereocenters. The van der Waals surface area contributed by atoms with Crippen LogP contribution in [0.15, 0.2) is 66.2 Å². The van der Waals surface area contributed by atoms with Crippen molar-refractivity contribution in [2.45, 2.75) is 12.6 Å². The number of rotatable bonds is 6. The molecule has 3 aromatic carbocycles. The number of likely N-dealkylation sites (tertiary alicyclic amines) is 1. The van der Waals surface area contributed by atoms with Crippen LogP contribution >= 0.6 is 34.8 Å². The molecule has 0 bridgehead atoms. The summed E-state index contributed by atoms with van der Waals surface area (Å²) in [7, 11) is 2.90. The number of ether oxygens (including phenoxy) is 2. The van der Waals surface area contributed by atoms with E-state index in [1.165, 1.54) is 31.3 Å². The van der Waals surface area contributed by atoms with Crippen molar-refractivity contribution in [3.05, 3.63) is 98.0 Å². The number of methoxy groups -OCH3 is 2. The Morgan fingerprint density at radius 3 is 2.29 bits per heavy atom. The molecule has 1 aliphatic rings. The Bertz CT molecular complexity index is 1340. The molecule has 1 fully saturated rings. The summed E-state index contributed by atoms with van der Waals surface area (Å²) in [5.41, 5.74) is 1.25. The van der Waals surface area contributed by atoms with Gasteiger partial charge in [0, 0.05) is 15.6 Å². The van der Waals surface area contributed by atoms with Gasteiger partial charge in [-0.2, -0.15) is 0 Å². The number of benzene rings is 3. The van der Waals surface area contributed by atoms with Gasteiger partial charge in [0.25, 0.3) is 11.7 Å². The van der Waals surface area contributed by atoms with E-state index in [-0.39, 0.29) is 33.5 Å². The molecule has 1 N–H and O–H groups in total. The van der Waals surface area contributed by atoms with E-state index in [1.54, 1.807) is 36.4 Å². The molecule has 35 heavy (non-hydrogen) atoms. The van der Waals surface area contributed by atoms with Crippen molar-refractivity contribution >= 4 is 52.3 Å². The third-order valence-corrected chi connectivity index (χ3v) is 6.48. The first-order valence-electron chi connectivity index (χ1n) is 10.5. The quantitative estimate of drug-likeness (QED) is 0.229. The number of ketones is 1. The zero-order chi connectivity index (χ0) is 25.3. The van der Waals surface area contributed by atoms with Crippen LogP contribution in [0, 0.1) is 0 Å². The van der Waals surface area contributed by atoms with Crippen molar-refractivity contribution in [3.8, 4) is 11.5 Å². The van der Waals surface area contributed by atoms with E-state index in [1.807, 2.05) is 12.1 Å². The molecule has 0 aliphatic carbocycles. The number of hydrogen-bond acceptors (Lipinski definition) is 5. The number of aliphatic hydroxyl groups excluding tert-OH is 1.